The van der Waals surface area contributed by atoms with Crippen molar-refractivity contribution in [1.29, 1.82) is 0 Å². The molecule has 0 aliphatic heterocycles. The van der Waals surface area contributed by atoms with E-state index in [2.05, 4.69) is 4.98 Å². The molecule has 8 heteroatoms. The van der Waals surface area contributed by atoms with Crippen LogP contribution < -0.4 is 0 Å². The molecular formula is C8H6F2NO2S3+. The van der Waals surface area contributed by atoms with Crippen molar-refractivity contribution in [3.8, 4) is 0 Å². The Morgan fingerprint density at radius 2 is 1.94 bits per heavy atom. The van der Waals surface area contributed by atoms with Gasteiger partial charge in [-0.25, -0.2) is 0 Å². The molecule has 0 radical (unpaired) electrons. The summed E-state index contributed by atoms with van der Waals surface area (Å²) in [4.78, 5) is 2.64. The Balaban J connectivity index is 2.90. The minimum atomic E-state index is -4.55. The molecule has 1 heterocycles. The maximum absolute atomic E-state index is 12.5. The Labute approximate surface area is 97.0 Å². The molecule has 2 aromatic rings. The van der Waals surface area contributed by atoms with Gasteiger partial charge in [0.1, 0.15) is 4.70 Å². The van der Waals surface area contributed by atoms with Crippen LogP contribution in [-0.2, 0) is 8.87 Å². The number of H-pyrrole nitrogens is 1. The van der Waals surface area contributed by atoms with Gasteiger partial charge in [-0.15, -0.1) is 0 Å². The van der Waals surface area contributed by atoms with Crippen molar-refractivity contribution in [3.63, 3.8) is 0 Å². The number of para-hydroxylation sites is 1. The third-order valence-electron chi connectivity index (χ3n) is 1.94. The molecule has 0 bridgehead atoms. The van der Waals surface area contributed by atoms with Crippen LogP contribution in [0.4, 0.5) is 8.78 Å². The molecule has 1 aromatic heterocycles. The number of benzene rings is 1. The van der Waals surface area contributed by atoms with Gasteiger partial charge in [-0.2, -0.15) is 17.2 Å². The van der Waals surface area contributed by atoms with Gasteiger partial charge in [-0.05, 0) is 12.1 Å². The molecule has 86 valence electrons. The van der Waals surface area contributed by atoms with Crippen LogP contribution >= 0.6 is 21.7 Å². The summed E-state index contributed by atoms with van der Waals surface area (Å²) in [5, 5.41) is 0. The third-order valence-corrected chi connectivity index (χ3v) is 7.83. The molecule has 2 rings (SSSR count). The zero-order valence-electron chi connectivity index (χ0n) is 7.68. The second kappa shape index (κ2) is 3.86. The highest BCUT2D eigenvalue weighted by Crippen LogP contribution is 2.38. The Bertz CT molecular complexity index is 687. The Morgan fingerprint density at radius 1 is 1.31 bits per heavy atom. The second-order valence-corrected chi connectivity index (χ2v) is 8.72. The van der Waals surface area contributed by atoms with Gasteiger partial charge in [0, 0.05) is 0 Å². The Kier molecular flexibility index (Phi) is 2.81. The van der Waals surface area contributed by atoms with E-state index in [4.69, 9.17) is 12.2 Å². The van der Waals surface area contributed by atoms with E-state index in [1.165, 1.54) is 6.07 Å². The van der Waals surface area contributed by atoms with Gasteiger partial charge in [0.05, 0.1) is 15.0 Å². The number of aromatic amines is 1. The predicted molar refractivity (Wildman–Crippen MR) is 61.9 cm³/mol. The molecule has 1 aromatic carbocycles. The molecule has 1 N–H and O–H groups in total. The van der Waals surface area contributed by atoms with E-state index in [0.29, 0.717) is 10.2 Å². The lowest BCUT2D eigenvalue weighted by atomic mass is 10.3. The van der Waals surface area contributed by atoms with Crippen LogP contribution in [0.25, 0.3) is 10.2 Å². The van der Waals surface area contributed by atoms with Crippen LogP contribution in [0.1, 0.15) is 0 Å². The standard InChI is InChI=1S/C8H5F2NO2S3/c9-7(10)16(12,13)15-6-4-2-1-3-5(6)11-8(15)14/h1-4,7H/p+1. The van der Waals surface area contributed by atoms with Gasteiger partial charge in [-0.1, -0.05) is 12.1 Å². The fourth-order valence-corrected chi connectivity index (χ4v) is 6.44. The van der Waals surface area contributed by atoms with E-state index in [-0.39, 0.29) is 3.95 Å². The molecule has 0 saturated carbocycles. The van der Waals surface area contributed by atoms with E-state index in [1.807, 2.05) is 0 Å². The van der Waals surface area contributed by atoms with E-state index >= 15 is 0 Å². The van der Waals surface area contributed by atoms with Crippen molar-refractivity contribution < 1.29 is 17.2 Å². The molecule has 0 aliphatic rings. The van der Waals surface area contributed by atoms with Crippen LogP contribution in [0.3, 0.4) is 0 Å². The van der Waals surface area contributed by atoms with Crippen LogP contribution in [0, 0.1) is 3.95 Å². The monoisotopic (exact) mass is 282 g/mol. The van der Waals surface area contributed by atoms with E-state index in [0.717, 1.165) is 0 Å². The number of aromatic nitrogens is 1. The first kappa shape index (κ1) is 11.6. The zero-order chi connectivity index (χ0) is 11.9. The number of alkyl halides is 2. The fourth-order valence-electron chi connectivity index (χ4n) is 1.29. The van der Waals surface area contributed by atoms with Gasteiger partial charge in [0.25, 0.3) is 12.2 Å². The molecule has 0 spiro atoms. The highest BCUT2D eigenvalue weighted by atomic mass is 33.2. The van der Waals surface area contributed by atoms with Crippen LogP contribution in [0.2, 0.25) is 0 Å². The summed E-state index contributed by atoms with van der Waals surface area (Å²) in [5.74, 6) is -3.42. The average molecular weight is 282 g/mol. The maximum Gasteiger partial charge on any atom is 0.372 e. The molecule has 1 atom stereocenters. The summed E-state index contributed by atoms with van der Waals surface area (Å²) in [7, 11) is -6.29. The molecular weight excluding hydrogens is 276 g/mol. The van der Waals surface area contributed by atoms with Gasteiger partial charge in [0.15, 0.2) is 0 Å². The minimum Gasteiger partial charge on any atom is -0.297 e. The Hall–Kier alpha value is -0.860. The number of rotatable bonds is 2. The Morgan fingerprint density at radius 3 is 2.56 bits per heavy atom. The lowest BCUT2D eigenvalue weighted by molar-refractivity contribution is 0.238. The van der Waals surface area contributed by atoms with Gasteiger partial charge in [-0.3, -0.25) is 4.98 Å². The van der Waals surface area contributed by atoms with Crippen LogP contribution in [0.15, 0.2) is 24.3 Å². The summed E-state index contributed by atoms with van der Waals surface area (Å²) >= 11 is 4.80. The molecule has 16 heavy (non-hydrogen) atoms. The second-order valence-electron chi connectivity index (χ2n) is 2.93. The highest BCUT2D eigenvalue weighted by molar-refractivity contribution is 8.41. The topological polar surface area (TPSA) is 49.9 Å². The maximum atomic E-state index is 12.5. The van der Waals surface area contributed by atoms with Crippen molar-refractivity contribution in [2.45, 2.75) is 5.76 Å². The molecule has 3 nitrogen and oxygen atoms in total. The lowest BCUT2D eigenvalue weighted by Crippen LogP contribution is -2.06. The largest absolute Gasteiger partial charge is 0.372 e. The summed E-state index contributed by atoms with van der Waals surface area (Å²) in [6.45, 7) is 0. The number of nitrogens with one attached hydrogen (secondary N) is 1. The number of hydrogen-bond donors (Lipinski definition) is 1. The quantitative estimate of drug-likeness (QED) is 0.523. The molecule has 0 amide bonds. The minimum absolute atomic E-state index is 0.0681. The average Bonchev–Trinajstić information content (AvgIpc) is 2.53. The van der Waals surface area contributed by atoms with E-state index in [9.17, 15) is 17.2 Å². The number of hydrogen-bond acceptors (Lipinski definition) is 3. The summed E-state index contributed by atoms with van der Waals surface area (Å²) < 4.78 is 48.1. The highest BCUT2D eigenvalue weighted by Gasteiger charge is 2.36. The molecule has 1 unspecified atom stereocenters. The van der Waals surface area contributed by atoms with Crippen LogP contribution in [0.5, 0.6) is 0 Å². The first-order chi connectivity index (χ1) is 7.44. The molecule has 0 fully saturated rings. The van der Waals surface area contributed by atoms with E-state index in [1.54, 1.807) is 18.2 Å². The van der Waals surface area contributed by atoms with Crippen molar-refractivity contribution in [2.75, 3.05) is 0 Å². The van der Waals surface area contributed by atoms with Crippen LogP contribution in [-0.4, -0.2) is 19.2 Å². The van der Waals surface area contributed by atoms with Gasteiger partial charge in [0.2, 0.25) is 0 Å². The smallest absolute Gasteiger partial charge is 0.297 e. The van der Waals surface area contributed by atoms with Gasteiger partial charge >= 0.3 is 18.6 Å². The molecule has 0 saturated heterocycles. The number of halogens is 2. The first-order valence-electron chi connectivity index (χ1n) is 4.11. The zero-order valence-corrected chi connectivity index (χ0v) is 10.1. The normalized spacial score (nSPS) is 13.6. The van der Waals surface area contributed by atoms with Gasteiger partial charge < -0.3 is 0 Å². The summed E-state index contributed by atoms with van der Waals surface area (Å²) in [5.41, 5.74) is 0.486. The van der Waals surface area contributed by atoms with Crippen molar-refractivity contribution in [2.24, 2.45) is 0 Å². The number of thiazole rings is 1. The van der Waals surface area contributed by atoms with Crippen molar-refractivity contribution in [1.82, 2.24) is 4.98 Å². The SMILES string of the molecule is O=S(=O)(C(F)F)[s+]1c(=S)[nH]c2ccccc21. The van der Waals surface area contributed by atoms with Crippen molar-refractivity contribution >= 4 is 40.8 Å². The summed E-state index contributed by atoms with van der Waals surface area (Å²) in [6, 6.07) is 6.37. The number of fused-ring (bicyclic) bond motifs is 1. The summed E-state index contributed by atoms with van der Waals surface area (Å²) in [6.07, 6.45) is 0. The molecule has 0 aliphatic carbocycles. The lowest BCUT2D eigenvalue weighted by Gasteiger charge is -1.95. The first-order valence-corrected chi connectivity index (χ1v) is 7.81. The third kappa shape index (κ3) is 1.66. The fraction of sp³-hybridized carbons (Fsp3) is 0.125. The van der Waals surface area contributed by atoms with E-state index < -0.39 is 24.1 Å². The van der Waals surface area contributed by atoms with Crippen molar-refractivity contribution in [3.05, 3.63) is 28.2 Å². The predicted octanol–water partition coefficient (Wildman–Crippen LogP) is 3.05.